The minimum absolute atomic E-state index is 0.145. The first-order valence-electron chi connectivity index (χ1n) is 5.59. The van der Waals surface area contributed by atoms with Crippen LogP contribution in [0.2, 0.25) is 0 Å². The molecule has 5 heteroatoms. The van der Waals surface area contributed by atoms with Crippen molar-refractivity contribution in [3.8, 4) is 5.75 Å². The third-order valence-electron chi connectivity index (χ3n) is 2.66. The molecule has 19 heavy (non-hydrogen) atoms. The summed E-state index contributed by atoms with van der Waals surface area (Å²) in [5, 5.41) is 0. The van der Waals surface area contributed by atoms with Gasteiger partial charge >= 0.3 is 0 Å². The summed E-state index contributed by atoms with van der Waals surface area (Å²) in [5.74, 6) is 0.285. The number of hydrogen-bond acceptors (Lipinski definition) is 2. The van der Waals surface area contributed by atoms with Gasteiger partial charge in [-0.3, -0.25) is 0 Å². The molecule has 0 radical (unpaired) electrons. The van der Waals surface area contributed by atoms with Crippen LogP contribution in [0.25, 0.3) is 0 Å². The molecule has 2 N–H and O–H groups in total. The van der Waals surface area contributed by atoms with Gasteiger partial charge < -0.3 is 10.5 Å². The van der Waals surface area contributed by atoms with Crippen molar-refractivity contribution in [2.45, 2.75) is 13.5 Å². The second-order valence-electron chi connectivity index (χ2n) is 4.17. The molecule has 2 aromatic carbocycles. The van der Waals surface area contributed by atoms with Crippen LogP contribution in [0.15, 0.2) is 39.3 Å². The second kappa shape index (κ2) is 5.92. The third kappa shape index (κ3) is 3.48. The van der Waals surface area contributed by atoms with E-state index in [1.54, 1.807) is 18.2 Å². The number of aryl methyl sites for hydroxylation is 1. The van der Waals surface area contributed by atoms with Gasteiger partial charge in [-0.25, -0.2) is 4.39 Å². The van der Waals surface area contributed by atoms with E-state index in [4.69, 9.17) is 10.5 Å². The number of ether oxygens (including phenoxy) is 1. The van der Waals surface area contributed by atoms with Gasteiger partial charge in [0.1, 0.15) is 18.2 Å². The average molecular weight is 389 g/mol. The first-order valence-corrected chi connectivity index (χ1v) is 7.18. The first kappa shape index (κ1) is 14.3. The molecule has 0 aliphatic carbocycles. The predicted octanol–water partition coefficient (Wildman–Crippen LogP) is 4.82. The minimum atomic E-state index is -0.303. The van der Waals surface area contributed by atoms with Crippen molar-refractivity contribution in [2.24, 2.45) is 0 Å². The van der Waals surface area contributed by atoms with Gasteiger partial charge in [0, 0.05) is 14.5 Å². The van der Waals surface area contributed by atoms with Gasteiger partial charge in [0.15, 0.2) is 0 Å². The molecule has 0 amide bonds. The van der Waals surface area contributed by atoms with E-state index in [9.17, 15) is 4.39 Å². The molecule has 0 aliphatic rings. The molecule has 100 valence electrons. The van der Waals surface area contributed by atoms with Crippen LogP contribution in [0.3, 0.4) is 0 Å². The van der Waals surface area contributed by atoms with Gasteiger partial charge in [0.25, 0.3) is 0 Å². The zero-order chi connectivity index (χ0) is 14.0. The van der Waals surface area contributed by atoms with Crippen LogP contribution in [0.4, 0.5) is 10.1 Å². The Morgan fingerprint density at radius 2 is 1.89 bits per heavy atom. The maximum Gasteiger partial charge on any atom is 0.145 e. The molecule has 0 fully saturated rings. The van der Waals surface area contributed by atoms with Gasteiger partial charge in [-0.15, -0.1) is 0 Å². The molecule has 0 saturated heterocycles. The van der Waals surface area contributed by atoms with Crippen molar-refractivity contribution in [3.63, 3.8) is 0 Å². The van der Waals surface area contributed by atoms with E-state index in [2.05, 4.69) is 31.9 Å². The molecule has 2 nitrogen and oxygen atoms in total. The Kier molecular flexibility index (Phi) is 4.47. The highest BCUT2D eigenvalue weighted by atomic mass is 79.9. The number of nitrogen functional groups attached to an aromatic ring is 1. The summed E-state index contributed by atoms with van der Waals surface area (Å²) in [6.45, 7) is 2.04. The van der Waals surface area contributed by atoms with Gasteiger partial charge in [0.05, 0.1) is 5.69 Å². The maximum atomic E-state index is 13.7. The Morgan fingerprint density at radius 3 is 2.53 bits per heavy atom. The summed E-state index contributed by atoms with van der Waals surface area (Å²) in [7, 11) is 0. The molecule has 0 heterocycles. The Bertz CT molecular complexity index is 593. The fourth-order valence-electron chi connectivity index (χ4n) is 1.74. The Balaban J connectivity index is 2.19. The van der Waals surface area contributed by atoms with Gasteiger partial charge in [-0.1, -0.05) is 37.9 Å². The summed E-state index contributed by atoms with van der Waals surface area (Å²) in [4.78, 5) is 0. The number of halogens is 3. The second-order valence-corrected chi connectivity index (χ2v) is 6.00. The van der Waals surface area contributed by atoms with Crippen molar-refractivity contribution in [2.75, 3.05) is 5.73 Å². The highest BCUT2D eigenvalue weighted by Gasteiger charge is 2.09. The summed E-state index contributed by atoms with van der Waals surface area (Å²) in [6.07, 6.45) is 0. The molecule has 2 rings (SSSR count). The third-order valence-corrected chi connectivity index (χ3v) is 3.61. The topological polar surface area (TPSA) is 35.2 Å². The number of nitrogens with two attached hydrogens (primary N) is 1. The minimum Gasteiger partial charge on any atom is -0.486 e. The summed E-state index contributed by atoms with van der Waals surface area (Å²) >= 11 is 6.58. The predicted molar refractivity (Wildman–Crippen MR) is 81.7 cm³/mol. The van der Waals surface area contributed by atoms with Gasteiger partial charge in [0.2, 0.25) is 0 Å². The lowest BCUT2D eigenvalue weighted by molar-refractivity contribution is 0.299. The lowest BCUT2D eigenvalue weighted by Crippen LogP contribution is -2.02. The Hall–Kier alpha value is -1.07. The fraction of sp³-hybridized carbons (Fsp3) is 0.143. The van der Waals surface area contributed by atoms with E-state index < -0.39 is 0 Å². The van der Waals surface area contributed by atoms with Crippen molar-refractivity contribution >= 4 is 37.5 Å². The van der Waals surface area contributed by atoms with Crippen LogP contribution in [-0.2, 0) is 6.61 Å². The molecule has 0 atom stereocenters. The van der Waals surface area contributed by atoms with Crippen molar-refractivity contribution < 1.29 is 9.13 Å². The lowest BCUT2D eigenvalue weighted by atomic mass is 10.2. The smallest absolute Gasteiger partial charge is 0.145 e. The number of hydrogen-bond donors (Lipinski definition) is 1. The van der Waals surface area contributed by atoms with Crippen LogP contribution < -0.4 is 10.5 Å². The Labute approximate surface area is 128 Å². The lowest BCUT2D eigenvalue weighted by Gasteiger charge is -2.13. The van der Waals surface area contributed by atoms with E-state index >= 15 is 0 Å². The zero-order valence-electron chi connectivity index (χ0n) is 10.2. The van der Waals surface area contributed by atoms with E-state index in [1.165, 1.54) is 6.07 Å². The van der Waals surface area contributed by atoms with Gasteiger partial charge in [-0.2, -0.15) is 0 Å². The normalized spacial score (nSPS) is 10.5. The number of anilines is 1. The molecule has 0 unspecified atom stereocenters. The standard InChI is InChI=1S/C14H12Br2FNO/c1-8-4-11(16)6-13(18)14(8)19-7-9-2-3-10(15)5-12(9)17/h2-6H,7,18H2,1H3. The number of benzene rings is 2. The monoisotopic (exact) mass is 387 g/mol. The van der Waals surface area contributed by atoms with Crippen molar-refractivity contribution in [1.82, 2.24) is 0 Å². The van der Waals surface area contributed by atoms with Crippen LogP contribution in [-0.4, -0.2) is 0 Å². The van der Waals surface area contributed by atoms with Crippen molar-refractivity contribution in [3.05, 3.63) is 56.2 Å². The first-order chi connectivity index (χ1) is 8.97. The van der Waals surface area contributed by atoms with Crippen molar-refractivity contribution in [1.29, 1.82) is 0 Å². The van der Waals surface area contributed by atoms with Crippen LogP contribution in [0, 0.1) is 12.7 Å². The Morgan fingerprint density at radius 1 is 1.16 bits per heavy atom. The van der Waals surface area contributed by atoms with E-state index in [0.717, 1.165) is 10.0 Å². The molecule has 0 aromatic heterocycles. The molecule has 0 bridgehead atoms. The fourth-order valence-corrected chi connectivity index (χ4v) is 2.66. The highest BCUT2D eigenvalue weighted by Crippen LogP contribution is 2.31. The summed E-state index contributed by atoms with van der Waals surface area (Å²) in [5.41, 5.74) is 7.82. The molecule has 0 spiro atoms. The summed E-state index contributed by atoms with van der Waals surface area (Å²) in [6, 6.07) is 8.55. The summed E-state index contributed by atoms with van der Waals surface area (Å²) < 4.78 is 20.9. The van der Waals surface area contributed by atoms with Gasteiger partial charge in [-0.05, 0) is 36.8 Å². The molecule has 2 aromatic rings. The van der Waals surface area contributed by atoms with E-state index in [-0.39, 0.29) is 12.4 Å². The molecule has 0 saturated carbocycles. The molecular weight excluding hydrogens is 377 g/mol. The molecular formula is C14H12Br2FNO. The zero-order valence-corrected chi connectivity index (χ0v) is 13.4. The largest absolute Gasteiger partial charge is 0.486 e. The molecule has 0 aliphatic heterocycles. The van der Waals surface area contributed by atoms with Crippen LogP contribution in [0.5, 0.6) is 5.75 Å². The van der Waals surface area contributed by atoms with Crippen LogP contribution in [0.1, 0.15) is 11.1 Å². The number of rotatable bonds is 3. The SMILES string of the molecule is Cc1cc(Br)cc(N)c1OCc1ccc(Br)cc1F. The highest BCUT2D eigenvalue weighted by molar-refractivity contribution is 9.10. The maximum absolute atomic E-state index is 13.7. The van der Waals surface area contributed by atoms with E-state index in [1.807, 2.05) is 13.0 Å². The average Bonchev–Trinajstić information content (AvgIpc) is 2.30. The van der Waals surface area contributed by atoms with Crippen LogP contribution >= 0.6 is 31.9 Å². The van der Waals surface area contributed by atoms with E-state index in [0.29, 0.717) is 21.5 Å². The quantitative estimate of drug-likeness (QED) is 0.765.